The molecule has 1 aromatic heterocycles. The average molecular weight is 457 g/mol. The first-order valence-electron chi connectivity index (χ1n) is 8.29. The molecule has 0 radical (unpaired) electrons. The Hall–Kier alpha value is -3.12. The summed E-state index contributed by atoms with van der Waals surface area (Å²) < 4.78 is 68.3. The summed E-state index contributed by atoms with van der Waals surface area (Å²) in [7, 11) is -5.15. The first kappa shape index (κ1) is 21.6. The number of nitrogens with zero attached hydrogens (tertiary/aromatic N) is 2. The molecule has 3 aromatic rings. The second-order valence-electron chi connectivity index (χ2n) is 6.06. The predicted molar refractivity (Wildman–Crippen MR) is 105 cm³/mol. The maximum atomic E-state index is 14.6. The van der Waals surface area contributed by atoms with Gasteiger partial charge >= 0.3 is 6.09 Å². The maximum Gasteiger partial charge on any atom is 0.427 e. The van der Waals surface area contributed by atoms with Gasteiger partial charge in [-0.05, 0) is 25.1 Å². The Morgan fingerprint density at radius 1 is 1.17 bits per heavy atom. The Bertz CT molecular complexity index is 1160. The SMILES string of the molecule is C[C@H](Nc1cc(F)c(S(=O)(=O)N(C(=O)O)c2cscn2)c(F)c1)c1ccccc1F. The number of thiazole rings is 1. The van der Waals surface area contributed by atoms with E-state index in [1.807, 2.05) is 0 Å². The number of nitrogens with one attached hydrogen (secondary N) is 1. The van der Waals surface area contributed by atoms with Crippen molar-refractivity contribution in [2.45, 2.75) is 17.9 Å². The summed E-state index contributed by atoms with van der Waals surface area (Å²) in [6, 6.07) is 6.47. The number of carbonyl (C=O) groups is 1. The molecule has 3 rings (SSSR count). The van der Waals surface area contributed by atoms with Crippen LogP contribution in [0.4, 0.5) is 29.5 Å². The number of carboxylic acid groups (broad SMARTS) is 1. The number of sulfonamides is 1. The topological polar surface area (TPSA) is 99.6 Å². The van der Waals surface area contributed by atoms with Gasteiger partial charge in [0.1, 0.15) is 17.5 Å². The summed E-state index contributed by atoms with van der Waals surface area (Å²) in [5.74, 6) is -4.07. The van der Waals surface area contributed by atoms with Gasteiger partial charge < -0.3 is 10.4 Å². The van der Waals surface area contributed by atoms with Crippen molar-refractivity contribution in [2.75, 3.05) is 9.62 Å². The molecule has 158 valence electrons. The molecule has 0 fully saturated rings. The van der Waals surface area contributed by atoms with Crippen molar-refractivity contribution < 1.29 is 31.5 Å². The third kappa shape index (κ3) is 4.09. The number of hydrogen-bond acceptors (Lipinski definition) is 6. The summed E-state index contributed by atoms with van der Waals surface area (Å²) >= 11 is 0.905. The van der Waals surface area contributed by atoms with Crippen LogP contribution >= 0.6 is 11.3 Å². The Morgan fingerprint density at radius 3 is 2.33 bits per heavy atom. The van der Waals surface area contributed by atoms with E-state index in [9.17, 15) is 31.5 Å². The van der Waals surface area contributed by atoms with E-state index in [4.69, 9.17) is 0 Å². The van der Waals surface area contributed by atoms with Gasteiger partial charge in [-0.15, -0.1) is 15.6 Å². The first-order valence-corrected chi connectivity index (χ1v) is 10.7. The first-order chi connectivity index (χ1) is 14.1. The summed E-state index contributed by atoms with van der Waals surface area (Å²) in [6.45, 7) is 1.55. The molecule has 1 heterocycles. The second kappa shape index (κ2) is 8.32. The van der Waals surface area contributed by atoms with E-state index >= 15 is 0 Å². The molecule has 0 saturated heterocycles. The summed E-state index contributed by atoms with van der Waals surface area (Å²) in [5, 5.41) is 13.1. The zero-order valence-electron chi connectivity index (χ0n) is 15.2. The third-order valence-electron chi connectivity index (χ3n) is 4.05. The van der Waals surface area contributed by atoms with Crippen molar-refractivity contribution in [3.63, 3.8) is 0 Å². The highest BCUT2D eigenvalue weighted by atomic mass is 32.2. The van der Waals surface area contributed by atoms with E-state index in [1.165, 1.54) is 23.7 Å². The standard InChI is InChI=1S/C18H14F3N3O4S2/c1-10(12-4-2-3-5-13(12)19)23-11-6-14(20)17(15(21)7-11)30(27,28)24(18(25)26)16-8-29-9-22-16/h2-10,23H,1H3,(H,25,26)/t10-/m0/s1. The molecule has 0 aliphatic carbocycles. The maximum absolute atomic E-state index is 14.6. The molecule has 30 heavy (non-hydrogen) atoms. The van der Waals surface area contributed by atoms with Gasteiger partial charge in [-0.25, -0.2) is 31.4 Å². The molecular formula is C18H14F3N3O4S2. The molecule has 0 bridgehead atoms. The molecular weight excluding hydrogens is 443 g/mol. The van der Waals surface area contributed by atoms with Crippen LogP contribution in [0.2, 0.25) is 0 Å². The Balaban J connectivity index is 1.98. The van der Waals surface area contributed by atoms with Gasteiger partial charge in [-0.3, -0.25) is 0 Å². The fourth-order valence-corrected chi connectivity index (χ4v) is 4.69. The molecule has 1 atom stereocenters. The van der Waals surface area contributed by atoms with Crippen LogP contribution in [0.15, 0.2) is 52.2 Å². The Kier molecular flexibility index (Phi) is 5.99. The van der Waals surface area contributed by atoms with E-state index < -0.39 is 50.3 Å². The van der Waals surface area contributed by atoms with Gasteiger partial charge in [-0.2, -0.15) is 0 Å². The molecule has 2 aromatic carbocycles. The largest absolute Gasteiger partial charge is 0.464 e. The monoisotopic (exact) mass is 457 g/mol. The number of amides is 1. The van der Waals surface area contributed by atoms with Gasteiger partial charge in [0.05, 0.1) is 11.6 Å². The van der Waals surface area contributed by atoms with E-state index in [0.29, 0.717) is 12.1 Å². The van der Waals surface area contributed by atoms with Gasteiger partial charge in [0.2, 0.25) is 0 Å². The number of anilines is 2. The predicted octanol–water partition coefficient (Wildman–Crippen LogP) is 4.61. The molecule has 1 amide bonds. The van der Waals surface area contributed by atoms with Crippen LogP contribution in [-0.4, -0.2) is 24.6 Å². The van der Waals surface area contributed by atoms with Crippen LogP contribution in [0.25, 0.3) is 0 Å². The van der Waals surface area contributed by atoms with Crippen molar-refractivity contribution in [1.29, 1.82) is 0 Å². The smallest absolute Gasteiger partial charge is 0.427 e. The van der Waals surface area contributed by atoms with Gasteiger partial charge in [0.25, 0.3) is 10.0 Å². The Morgan fingerprint density at radius 2 is 1.80 bits per heavy atom. The molecule has 0 spiro atoms. The van der Waals surface area contributed by atoms with Crippen LogP contribution < -0.4 is 9.62 Å². The zero-order valence-corrected chi connectivity index (χ0v) is 16.8. The minimum Gasteiger partial charge on any atom is -0.464 e. The van der Waals surface area contributed by atoms with E-state index in [-0.39, 0.29) is 15.6 Å². The number of rotatable bonds is 6. The van der Waals surface area contributed by atoms with Gasteiger partial charge in [-0.1, -0.05) is 18.2 Å². The minimum atomic E-state index is -5.15. The fourth-order valence-electron chi connectivity index (χ4n) is 2.77. The van der Waals surface area contributed by atoms with Crippen molar-refractivity contribution >= 4 is 39.0 Å². The quantitative estimate of drug-likeness (QED) is 0.561. The number of halogens is 3. The molecule has 7 nitrogen and oxygen atoms in total. The molecule has 0 aliphatic rings. The lowest BCUT2D eigenvalue weighted by Crippen LogP contribution is -2.37. The average Bonchev–Trinajstić information content (AvgIpc) is 3.14. The van der Waals surface area contributed by atoms with Crippen molar-refractivity contribution in [3.05, 3.63) is 70.3 Å². The lowest BCUT2D eigenvalue weighted by Gasteiger charge is -2.20. The molecule has 0 unspecified atom stereocenters. The van der Waals surface area contributed by atoms with Crippen molar-refractivity contribution in [3.8, 4) is 0 Å². The fraction of sp³-hybridized carbons (Fsp3) is 0.111. The number of hydrogen-bond donors (Lipinski definition) is 2. The summed E-state index contributed by atoms with van der Waals surface area (Å²) in [4.78, 5) is 13.6. The lowest BCUT2D eigenvalue weighted by molar-refractivity contribution is 0.206. The van der Waals surface area contributed by atoms with E-state index in [0.717, 1.165) is 16.7 Å². The normalized spacial score (nSPS) is 12.4. The summed E-state index contributed by atoms with van der Waals surface area (Å²) in [5.41, 5.74) is 1.25. The van der Waals surface area contributed by atoms with E-state index in [1.54, 1.807) is 13.0 Å². The van der Waals surface area contributed by atoms with Gasteiger partial charge in [0, 0.05) is 16.6 Å². The van der Waals surface area contributed by atoms with Crippen LogP contribution in [-0.2, 0) is 10.0 Å². The summed E-state index contributed by atoms with van der Waals surface area (Å²) in [6.07, 6.45) is -1.98. The highest BCUT2D eigenvalue weighted by molar-refractivity contribution is 7.93. The molecule has 2 N–H and O–H groups in total. The van der Waals surface area contributed by atoms with Crippen LogP contribution in [0.1, 0.15) is 18.5 Å². The van der Waals surface area contributed by atoms with Crippen LogP contribution in [0, 0.1) is 17.5 Å². The van der Waals surface area contributed by atoms with Crippen LogP contribution in [0.3, 0.4) is 0 Å². The lowest BCUT2D eigenvalue weighted by atomic mass is 10.1. The van der Waals surface area contributed by atoms with E-state index in [2.05, 4.69) is 10.3 Å². The molecule has 12 heteroatoms. The minimum absolute atomic E-state index is 0.157. The van der Waals surface area contributed by atoms with Crippen LogP contribution in [0.5, 0.6) is 0 Å². The Labute approximate surface area is 173 Å². The molecule has 0 aliphatic heterocycles. The van der Waals surface area contributed by atoms with Crippen molar-refractivity contribution in [1.82, 2.24) is 4.98 Å². The number of benzene rings is 2. The second-order valence-corrected chi connectivity index (χ2v) is 8.50. The van der Waals surface area contributed by atoms with Crippen molar-refractivity contribution in [2.24, 2.45) is 0 Å². The third-order valence-corrected chi connectivity index (χ3v) is 6.36. The highest BCUT2D eigenvalue weighted by Gasteiger charge is 2.37. The highest BCUT2D eigenvalue weighted by Crippen LogP contribution is 2.31. The molecule has 0 saturated carbocycles. The number of aromatic nitrogens is 1. The van der Waals surface area contributed by atoms with Gasteiger partial charge in [0.15, 0.2) is 10.7 Å². The zero-order chi connectivity index (χ0) is 22.1.